The van der Waals surface area contributed by atoms with Crippen LogP contribution in [0.15, 0.2) is 78.9 Å². The van der Waals surface area contributed by atoms with Crippen LogP contribution in [0.3, 0.4) is 0 Å². The van der Waals surface area contributed by atoms with Gasteiger partial charge in [-0.3, -0.25) is 9.59 Å². The molecule has 0 aliphatic rings. The summed E-state index contributed by atoms with van der Waals surface area (Å²) < 4.78 is 19.6. The molecule has 0 aromatic heterocycles. The summed E-state index contributed by atoms with van der Waals surface area (Å²) in [6.07, 6.45) is 0.349. The molecule has 0 bridgehead atoms. The van der Waals surface area contributed by atoms with Crippen LogP contribution < -0.4 is 10.1 Å². The Balaban J connectivity index is 1.90. The lowest BCUT2D eigenvalue weighted by Gasteiger charge is -2.31. The highest BCUT2D eigenvalue weighted by Crippen LogP contribution is 2.18. The Kier molecular flexibility index (Phi) is 9.41. The van der Waals surface area contributed by atoms with Crippen LogP contribution in [-0.4, -0.2) is 35.9 Å². The summed E-state index contributed by atoms with van der Waals surface area (Å²) in [5.41, 5.74) is 2.93. The fourth-order valence-corrected chi connectivity index (χ4v) is 3.65. The van der Waals surface area contributed by atoms with Gasteiger partial charge in [-0.05, 0) is 36.1 Å². The average Bonchev–Trinajstić information content (AvgIpc) is 2.85. The Morgan fingerprint density at radius 3 is 2.23 bits per heavy atom. The van der Waals surface area contributed by atoms with Crippen molar-refractivity contribution >= 4 is 11.8 Å². The Labute approximate surface area is 206 Å². The van der Waals surface area contributed by atoms with Crippen molar-refractivity contribution in [2.45, 2.75) is 39.8 Å². The average molecular weight is 477 g/mol. The third-order valence-corrected chi connectivity index (χ3v) is 5.62. The first-order valence-electron chi connectivity index (χ1n) is 11.9. The summed E-state index contributed by atoms with van der Waals surface area (Å²) in [6.45, 7) is 6.38. The molecule has 3 aromatic rings. The zero-order chi connectivity index (χ0) is 25.2. The lowest BCUT2D eigenvalue weighted by molar-refractivity contribution is -0.142. The van der Waals surface area contributed by atoms with Crippen LogP contribution in [0.4, 0.5) is 4.39 Å². The number of amides is 2. The summed E-state index contributed by atoms with van der Waals surface area (Å²) in [5, 5.41) is 2.98. The van der Waals surface area contributed by atoms with Crippen LogP contribution in [0, 0.1) is 18.7 Å². The van der Waals surface area contributed by atoms with Gasteiger partial charge in [0.2, 0.25) is 5.91 Å². The van der Waals surface area contributed by atoms with Gasteiger partial charge >= 0.3 is 0 Å². The zero-order valence-electron chi connectivity index (χ0n) is 20.5. The third kappa shape index (κ3) is 7.95. The lowest BCUT2D eigenvalue weighted by Crippen LogP contribution is -2.52. The Morgan fingerprint density at radius 1 is 0.914 bits per heavy atom. The fraction of sp³-hybridized carbons (Fsp3) is 0.310. The van der Waals surface area contributed by atoms with Crippen LogP contribution in [0.2, 0.25) is 0 Å². The monoisotopic (exact) mass is 476 g/mol. The smallest absolute Gasteiger partial charge is 0.261 e. The van der Waals surface area contributed by atoms with E-state index in [-0.39, 0.29) is 30.7 Å². The van der Waals surface area contributed by atoms with E-state index < -0.39 is 17.8 Å². The van der Waals surface area contributed by atoms with Crippen LogP contribution in [-0.2, 0) is 22.6 Å². The molecule has 0 spiro atoms. The number of ether oxygens (including phenoxy) is 1. The molecule has 35 heavy (non-hydrogen) atoms. The van der Waals surface area contributed by atoms with Crippen molar-refractivity contribution in [1.82, 2.24) is 10.2 Å². The molecule has 0 saturated heterocycles. The topological polar surface area (TPSA) is 58.6 Å². The summed E-state index contributed by atoms with van der Waals surface area (Å²) in [7, 11) is 0. The number of nitrogens with one attached hydrogen (secondary N) is 1. The molecule has 0 aliphatic heterocycles. The molecule has 0 unspecified atom stereocenters. The first-order chi connectivity index (χ1) is 16.8. The summed E-state index contributed by atoms with van der Waals surface area (Å²) in [5.74, 6) is -0.897. The standard InChI is InChI=1S/C29H33FN2O3/c1-21(2)18-31-29(34)26(17-23-9-5-4-6-10-23)32(19-24-15-13-22(3)14-16-24)28(33)20-35-27-12-8-7-11-25(27)30/h4-16,21,26H,17-20H2,1-3H3,(H,31,34)/t26-/m0/s1. The predicted octanol–water partition coefficient (Wildman–Crippen LogP) is 4.93. The molecule has 3 aromatic carbocycles. The Hall–Kier alpha value is -3.67. The van der Waals surface area contributed by atoms with Crippen LogP contribution in [0.25, 0.3) is 0 Å². The number of para-hydroxylation sites is 1. The van der Waals surface area contributed by atoms with Gasteiger partial charge < -0.3 is 15.0 Å². The lowest BCUT2D eigenvalue weighted by atomic mass is 10.0. The van der Waals surface area contributed by atoms with Crippen LogP contribution >= 0.6 is 0 Å². The minimum absolute atomic E-state index is 0.00000425. The van der Waals surface area contributed by atoms with Gasteiger partial charge in [0.1, 0.15) is 6.04 Å². The minimum Gasteiger partial charge on any atom is -0.481 e. The molecular formula is C29H33FN2O3. The first-order valence-corrected chi connectivity index (χ1v) is 11.9. The highest BCUT2D eigenvalue weighted by molar-refractivity contribution is 5.88. The number of carbonyl (C=O) groups is 2. The molecular weight excluding hydrogens is 443 g/mol. The van der Waals surface area contributed by atoms with Crippen molar-refractivity contribution in [3.63, 3.8) is 0 Å². The summed E-state index contributed by atoms with van der Waals surface area (Å²) in [4.78, 5) is 28.4. The van der Waals surface area contributed by atoms with Gasteiger partial charge in [-0.2, -0.15) is 0 Å². The summed E-state index contributed by atoms with van der Waals surface area (Å²) >= 11 is 0. The highest BCUT2D eigenvalue weighted by atomic mass is 19.1. The number of hydrogen-bond acceptors (Lipinski definition) is 3. The SMILES string of the molecule is Cc1ccc(CN(C(=O)COc2ccccc2F)[C@@H](Cc2ccccc2)C(=O)NCC(C)C)cc1. The highest BCUT2D eigenvalue weighted by Gasteiger charge is 2.30. The van der Waals surface area contributed by atoms with E-state index in [1.54, 1.807) is 12.1 Å². The third-order valence-electron chi connectivity index (χ3n) is 5.62. The molecule has 3 rings (SSSR count). The molecule has 1 N–H and O–H groups in total. The van der Waals surface area contributed by atoms with E-state index in [9.17, 15) is 14.0 Å². The van der Waals surface area contributed by atoms with Crippen molar-refractivity contribution in [2.24, 2.45) is 5.92 Å². The zero-order valence-corrected chi connectivity index (χ0v) is 20.5. The number of nitrogens with zero attached hydrogens (tertiary/aromatic N) is 1. The molecule has 0 saturated carbocycles. The van der Waals surface area contributed by atoms with Crippen molar-refractivity contribution in [3.8, 4) is 5.75 Å². The molecule has 0 aliphatic carbocycles. The molecule has 2 amide bonds. The van der Waals surface area contributed by atoms with E-state index in [1.165, 1.54) is 17.0 Å². The Morgan fingerprint density at radius 2 is 1.57 bits per heavy atom. The number of aryl methyl sites for hydroxylation is 1. The summed E-state index contributed by atoms with van der Waals surface area (Å²) in [6, 6.07) is 22.6. The molecule has 184 valence electrons. The van der Waals surface area contributed by atoms with E-state index in [0.717, 1.165) is 16.7 Å². The molecule has 0 heterocycles. The number of rotatable bonds is 11. The van der Waals surface area contributed by atoms with E-state index in [1.807, 2.05) is 75.4 Å². The van der Waals surface area contributed by atoms with E-state index in [0.29, 0.717) is 13.0 Å². The Bertz CT molecular complexity index is 1100. The first kappa shape index (κ1) is 25.9. The second kappa shape index (κ2) is 12.7. The minimum atomic E-state index is -0.755. The second-order valence-corrected chi connectivity index (χ2v) is 9.07. The van der Waals surface area contributed by atoms with Crippen LogP contribution in [0.5, 0.6) is 5.75 Å². The number of carbonyl (C=O) groups excluding carboxylic acids is 2. The normalized spacial score (nSPS) is 11.7. The maximum absolute atomic E-state index is 14.1. The van der Waals surface area contributed by atoms with Gasteiger partial charge in [0.25, 0.3) is 5.91 Å². The van der Waals surface area contributed by atoms with Crippen molar-refractivity contribution in [2.75, 3.05) is 13.2 Å². The molecule has 0 radical (unpaired) electrons. The number of benzene rings is 3. The van der Waals surface area contributed by atoms with Gasteiger partial charge in [0.05, 0.1) is 0 Å². The van der Waals surface area contributed by atoms with Gasteiger partial charge in [-0.1, -0.05) is 86.1 Å². The van der Waals surface area contributed by atoms with E-state index in [4.69, 9.17) is 4.74 Å². The van der Waals surface area contributed by atoms with E-state index in [2.05, 4.69) is 5.32 Å². The predicted molar refractivity (Wildman–Crippen MR) is 135 cm³/mol. The molecule has 0 fully saturated rings. The largest absolute Gasteiger partial charge is 0.481 e. The number of hydrogen-bond donors (Lipinski definition) is 1. The fourth-order valence-electron chi connectivity index (χ4n) is 3.65. The quantitative estimate of drug-likeness (QED) is 0.427. The molecule has 5 nitrogen and oxygen atoms in total. The molecule has 1 atom stereocenters. The van der Waals surface area contributed by atoms with Gasteiger partial charge in [-0.15, -0.1) is 0 Å². The maximum Gasteiger partial charge on any atom is 0.261 e. The molecule has 6 heteroatoms. The van der Waals surface area contributed by atoms with Crippen molar-refractivity contribution in [3.05, 3.63) is 101 Å². The maximum atomic E-state index is 14.1. The van der Waals surface area contributed by atoms with Crippen molar-refractivity contribution in [1.29, 1.82) is 0 Å². The van der Waals surface area contributed by atoms with Gasteiger partial charge in [-0.25, -0.2) is 4.39 Å². The van der Waals surface area contributed by atoms with E-state index >= 15 is 0 Å². The number of halogens is 1. The van der Waals surface area contributed by atoms with Gasteiger partial charge in [0, 0.05) is 19.5 Å². The van der Waals surface area contributed by atoms with Crippen molar-refractivity contribution < 1.29 is 18.7 Å². The van der Waals surface area contributed by atoms with Gasteiger partial charge in [0.15, 0.2) is 18.2 Å². The van der Waals surface area contributed by atoms with Crippen LogP contribution in [0.1, 0.15) is 30.5 Å². The second-order valence-electron chi connectivity index (χ2n) is 9.07.